The number of allylic oxidation sites excluding steroid dienone is 1. The molecule has 2 N–H and O–H groups in total. The van der Waals surface area contributed by atoms with E-state index in [1.54, 1.807) is 0 Å². The molecule has 2 aliphatic rings. The molecule has 3 nitrogen and oxygen atoms in total. The van der Waals surface area contributed by atoms with Crippen molar-refractivity contribution < 1.29 is 0 Å². The SMILES string of the molecule is C1=CC2C(C1)CC2Nc1cccc2[nH]ncc12. The molecule has 0 aliphatic heterocycles. The van der Waals surface area contributed by atoms with Gasteiger partial charge in [0.25, 0.3) is 0 Å². The number of nitrogens with zero attached hydrogens (tertiary/aromatic N) is 1. The Hall–Kier alpha value is -1.77. The summed E-state index contributed by atoms with van der Waals surface area (Å²) in [4.78, 5) is 0. The van der Waals surface area contributed by atoms with Crippen LogP contribution < -0.4 is 5.32 Å². The Morgan fingerprint density at radius 3 is 3.29 bits per heavy atom. The third kappa shape index (κ3) is 1.32. The normalized spacial score (nSPS) is 30.2. The maximum Gasteiger partial charge on any atom is 0.0671 e. The number of anilines is 1. The summed E-state index contributed by atoms with van der Waals surface area (Å²) < 4.78 is 0. The lowest BCUT2D eigenvalue weighted by Gasteiger charge is -2.41. The molecule has 2 aliphatic carbocycles. The van der Waals surface area contributed by atoms with Crippen LogP contribution in [-0.4, -0.2) is 16.2 Å². The summed E-state index contributed by atoms with van der Waals surface area (Å²) in [6.45, 7) is 0. The fourth-order valence-electron chi connectivity index (χ4n) is 3.18. The maximum atomic E-state index is 4.10. The zero-order valence-electron chi connectivity index (χ0n) is 9.56. The molecule has 4 rings (SSSR count). The van der Waals surface area contributed by atoms with Crippen LogP contribution in [-0.2, 0) is 0 Å². The van der Waals surface area contributed by atoms with E-state index in [0.29, 0.717) is 6.04 Å². The minimum atomic E-state index is 0.610. The Morgan fingerprint density at radius 2 is 2.35 bits per heavy atom. The summed E-state index contributed by atoms with van der Waals surface area (Å²) in [6, 6.07) is 6.89. The van der Waals surface area contributed by atoms with Crippen LogP contribution in [0.15, 0.2) is 36.5 Å². The average molecular weight is 225 g/mol. The van der Waals surface area contributed by atoms with Crippen LogP contribution in [0.1, 0.15) is 12.8 Å². The molecule has 0 radical (unpaired) electrons. The molecule has 3 heteroatoms. The lowest BCUT2D eigenvalue weighted by atomic mass is 9.71. The predicted octanol–water partition coefficient (Wildman–Crippen LogP) is 2.94. The van der Waals surface area contributed by atoms with Gasteiger partial charge in [0.2, 0.25) is 0 Å². The van der Waals surface area contributed by atoms with Gasteiger partial charge in [-0.2, -0.15) is 5.10 Å². The monoisotopic (exact) mass is 225 g/mol. The summed E-state index contributed by atoms with van der Waals surface area (Å²) in [5.41, 5.74) is 2.31. The minimum Gasteiger partial charge on any atom is -0.381 e. The molecule has 0 spiro atoms. The molecule has 0 saturated heterocycles. The van der Waals surface area contributed by atoms with Crippen molar-refractivity contribution in [2.75, 3.05) is 5.32 Å². The van der Waals surface area contributed by atoms with Gasteiger partial charge in [0.1, 0.15) is 0 Å². The second-order valence-electron chi connectivity index (χ2n) is 5.12. The molecule has 0 bridgehead atoms. The van der Waals surface area contributed by atoms with Crippen molar-refractivity contribution >= 4 is 16.6 Å². The van der Waals surface area contributed by atoms with E-state index in [1.165, 1.54) is 23.9 Å². The van der Waals surface area contributed by atoms with Gasteiger partial charge in [-0.05, 0) is 30.9 Å². The third-order valence-corrected chi connectivity index (χ3v) is 4.19. The first kappa shape index (κ1) is 9.28. The topological polar surface area (TPSA) is 40.7 Å². The van der Waals surface area contributed by atoms with E-state index in [-0.39, 0.29) is 0 Å². The van der Waals surface area contributed by atoms with Crippen LogP contribution in [0.25, 0.3) is 10.9 Å². The summed E-state index contributed by atoms with van der Waals surface area (Å²) in [5, 5.41) is 12.0. The summed E-state index contributed by atoms with van der Waals surface area (Å²) in [6.07, 6.45) is 9.18. The number of rotatable bonds is 2. The van der Waals surface area contributed by atoms with E-state index in [1.807, 2.05) is 6.20 Å². The summed E-state index contributed by atoms with van der Waals surface area (Å²) in [7, 11) is 0. The van der Waals surface area contributed by atoms with Crippen LogP contribution in [0, 0.1) is 11.8 Å². The van der Waals surface area contributed by atoms with E-state index in [4.69, 9.17) is 0 Å². The van der Waals surface area contributed by atoms with E-state index in [0.717, 1.165) is 17.4 Å². The molecule has 1 aromatic carbocycles. The first-order valence-electron chi connectivity index (χ1n) is 6.27. The Bertz CT molecular complexity index is 584. The van der Waals surface area contributed by atoms with E-state index >= 15 is 0 Å². The number of fused-ring (bicyclic) bond motifs is 2. The molecule has 1 saturated carbocycles. The highest BCUT2D eigenvalue weighted by molar-refractivity contribution is 5.91. The largest absolute Gasteiger partial charge is 0.381 e. The fraction of sp³-hybridized carbons (Fsp3) is 0.357. The van der Waals surface area contributed by atoms with Gasteiger partial charge in [-0.25, -0.2) is 0 Å². The van der Waals surface area contributed by atoms with Crippen LogP contribution in [0.3, 0.4) is 0 Å². The summed E-state index contributed by atoms with van der Waals surface area (Å²) >= 11 is 0. The van der Waals surface area contributed by atoms with Gasteiger partial charge >= 0.3 is 0 Å². The fourth-order valence-corrected chi connectivity index (χ4v) is 3.18. The standard InChI is InChI=1S/C14H15N3/c1-3-9-7-14(10(9)4-1)16-12-5-2-6-13-11(12)8-15-17-13/h1-2,4-6,8-10,14,16H,3,7H2,(H,15,17). The molecule has 86 valence electrons. The predicted molar refractivity (Wildman–Crippen MR) is 68.9 cm³/mol. The number of H-pyrrole nitrogens is 1. The average Bonchev–Trinajstić information content (AvgIpc) is 2.92. The Kier molecular flexibility index (Phi) is 1.83. The quantitative estimate of drug-likeness (QED) is 0.771. The van der Waals surface area contributed by atoms with Gasteiger partial charge in [0, 0.05) is 23.0 Å². The number of aromatic nitrogens is 2. The number of aromatic amines is 1. The van der Waals surface area contributed by atoms with Crippen LogP contribution in [0.2, 0.25) is 0 Å². The zero-order valence-corrected chi connectivity index (χ0v) is 9.56. The first-order valence-corrected chi connectivity index (χ1v) is 6.27. The van der Waals surface area contributed by atoms with Gasteiger partial charge < -0.3 is 5.32 Å². The number of hydrogen-bond acceptors (Lipinski definition) is 2. The van der Waals surface area contributed by atoms with Crippen molar-refractivity contribution in [3.05, 3.63) is 36.5 Å². The van der Waals surface area contributed by atoms with Crippen molar-refractivity contribution in [3.8, 4) is 0 Å². The van der Waals surface area contributed by atoms with Gasteiger partial charge in [-0.15, -0.1) is 0 Å². The molecular weight excluding hydrogens is 210 g/mol. The smallest absolute Gasteiger partial charge is 0.0671 e. The molecule has 0 amide bonds. The molecule has 3 atom stereocenters. The van der Waals surface area contributed by atoms with Crippen molar-refractivity contribution in [1.82, 2.24) is 10.2 Å². The molecule has 2 aromatic rings. The lowest BCUT2D eigenvalue weighted by molar-refractivity contribution is 0.218. The Morgan fingerprint density at radius 1 is 1.35 bits per heavy atom. The minimum absolute atomic E-state index is 0.610. The van der Waals surface area contributed by atoms with Crippen molar-refractivity contribution in [1.29, 1.82) is 0 Å². The van der Waals surface area contributed by atoms with Gasteiger partial charge in [-0.1, -0.05) is 18.2 Å². The second-order valence-corrected chi connectivity index (χ2v) is 5.12. The highest BCUT2D eigenvalue weighted by Gasteiger charge is 2.40. The number of nitrogens with one attached hydrogen (secondary N) is 2. The van der Waals surface area contributed by atoms with Gasteiger partial charge in [0.05, 0.1) is 11.7 Å². The Balaban J connectivity index is 1.63. The van der Waals surface area contributed by atoms with Crippen LogP contribution in [0.4, 0.5) is 5.69 Å². The van der Waals surface area contributed by atoms with E-state index in [9.17, 15) is 0 Å². The first-order chi connectivity index (χ1) is 8.42. The number of hydrogen-bond donors (Lipinski definition) is 2. The van der Waals surface area contributed by atoms with Crippen molar-refractivity contribution in [2.24, 2.45) is 11.8 Å². The molecule has 3 unspecified atom stereocenters. The van der Waals surface area contributed by atoms with Crippen molar-refractivity contribution in [3.63, 3.8) is 0 Å². The van der Waals surface area contributed by atoms with E-state index in [2.05, 4.69) is 45.9 Å². The van der Waals surface area contributed by atoms with Crippen LogP contribution >= 0.6 is 0 Å². The highest BCUT2D eigenvalue weighted by Crippen LogP contribution is 2.44. The zero-order chi connectivity index (χ0) is 11.2. The third-order valence-electron chi connectivity index (χ3n) is 4.19. The van der Waals surface area contributed by atoms with E-state index < -0.39 is 0 Å². The Labute approximate surface area is 99.9 Å². The summed E-state index contributed by atoms with van der Waals surface area (Å²) in [5.74, 6) is 1.65. The van der Waals surface area contributed by atoms with Gasteiger partial charge in [0.15, 0.2) is 0 Å². The maximum absolute atomic E-state index is 4.10. The van der Waals surface area contributed by atoms with Crippen molar-refractivity contribution in [2.45, 2.75) is 18.9 Å². The van der Waals surface area contributed by atoms with Gasteiger partial charge in [-0.3, -0.25) is 5.10 Å². The highest BCUT2D eigenvalue weighted by atomic mass is 15.1. The molecule has 1 aromatic heterocycles. The lowest BCUT2D eigenvalue weighted by Crippen LogP contribution is -2.43. The molecule has 1 heterocycles. The second kappa shape index (κ2) is 3.36. The van der Waals surface area contributed by atoms with Crippen LogP contribution in [0.5, 0.6) is 0 Å². The molecule has 17 heavy (non-hydrogen) atoms. The molecule has 1 fully saturated rings. The molecular formula is C14H15N3. The number of benzene rings is 1.